The second-order valence-corrected chi connectivity index (χ2v) is 7.96. The first-order valence-corrected chi connectivity index (χ1v) is 10.4. The molecule has 0 spiro atoms. The molecule has 30 heavy (non-hydrogen) atoms. The van der Waals surface area contributed by atoms with Crippen molar-refractivity contribution in [1.82, 2.24) is 4.98 Å². The number of carbonyl (C=O) groups is 1. The zero-order valence-corrected chi connectivity index (χ0v) is 16.4. The van der Waals surface area contributed by atoms with E-state index in [4.69, 9.17) is 9.47 Å². The number of rotatable bonds is 6. The number of hydrogen-bond acceptors (Lipinski definition) is 6. The minimum absolute atomic E-state index is 0.0575. The molecule has 0 unspecified atom stereocenters. The summed E-state index contributed by atoms with van der Waals surface area (Å²) in [7, 11) is -3.77. The highest BCUT2D eigenvalue weighted by atomic mass is 32.2. The van der Waals surface area contributed by atoms with Gasteiger partial charge in [0.05, 0.1) is 4.90 Å². The van der Waals surface area contributed by atoms with E-state index in [2.05, 4.69) is 15.0 Å². The van der Waals surface area contributed by atoms with Gasteiger partial charge in [0.2, 0.25) is 12.7 Å². The van der Waals surface area contributed by atoms with E-state index in [1.807, 2.05) is 6.07 Å². The predicted octanol–water partition coefficient (Wildman–Crippen LogP) is 3.26. The van der Waals surface area contributed by atoms with Crippen molar-refractivity contribution in [2.45, 2.75) is 4.90 Å². The van der Waals surface area contributed by atoms with Crippen LogP contribution < -0.4 is 19.5 Å². The van der Waals surface area contributed by atoms with Crippen molar-refractivity contribution in [1.29, 1.82) is 0 Å². The molecule has 4 rings (SSSR count). The number of aromatic nitrogens is 1. The predicted molar refractivity (Wildman–Crippen MR) is 112 cm³/mol. The topological polar surface area (TPSA) is 107 Å². The summed E-state index contributed by atoms with van der Waals surface area (Å²) in [6.07, 6.45) is 4.52. The van der Waals surface area contributed by atoms with E-state index in [1.54, 1.807) is 36.4 Å². The summed E-state index contributed by atoms with van der Waals surface area (Å²) in [5.41, 5.74) is 1.25. The summed E-state index contributed by atoms with van der Waals surface area (Å²) in [6.45, 7) is 0.187. The highest BCUT2D eigenvalue weighted by molar-refractivity contribution is 7.92. The maximum Gasteiger partial charge on any atom is 0.263 e. The molecule has 2 N–H and O–H groups in total. The number of ether oxygens (including phenoxy) is 2. The Balaban J connectivity index is 1.39. The molecule has 0 bridgehead atoms. The van der Waals surface area contributed by atoms with E-state index in [9.17, 15) is 13.2 Å². The van der Waals surface area contributed by atoms with Crippen LogP contribution in [0.25, 0.3) is 6.08 Å². The molecule has 3 aromatic rings. The molecule has 9 heteroatoms. The highest BCUT2D eigenvalue weighted by Gasteiger charge is 2.15. The number of hydrogen-bond donors (Lipinski definition) is 2. The molecule has 0 fully saturated rings. The van der Waals surface area contributed by atoms with Gasteiger partial charge in [0.15, 0.2) is 11.5 Å². The number of nitrogens with zero attached hydrogens (tertiary/aromatic N) is 1. The Bertz CT molecular complexity index is 1190. The molecule has 0 atom stereocenters. The fourth-order valence-corrected chi connectivity index (χ4v) is 3.72. The summed E-state index contributed by atoms with van der Waals surface area (Å²) in [5.74, 6) is 1.18. The molecule has 8 nitrogen and oxygen atoms in total. The lowest BCUT2D eigenvalue weighted by Gasteiger charge is -2.08. The summed E-state index contributed by atoms with van der Waals surface area (Å²) in [4.78, 5) is 16.1. The third-order valence-electron chi connectivity index (χ3n) is 4.16. The lowest BCUT2D eigenvalue weighted by atomic mass is 10.2. The molecule has 1 aliphatic rings. The molecule has 0 saturated heterocycles. The Morgan fingerprint density at radius 3 is 2.57 bits per heavy atom. The zero-order valence-electron chi connectivity index (χ0n) is 15.6. The van der Waals surface area contributed by atoms with Crippen LogP contribution in [0.4, 0.5) is 11.5 Å². The first kappa shape index (κ1) is 19.5. The lowest BCUT2D eigenvalue weighted by Crippen LogP contribution is -2.14. The van der Waals surface area contributed by atoms with Gasteiger partial charge in [-0.05, 0) is 60.2 Å². The van der Waals surface area contributed by atoms with Crippen molar-refractivity contribution in [3.8, 4) is 11.5 Å². The van der Waals surface area contributed by atoms with E-state index in [0.29, 0.717) is 17.2 Å². The number of amides is 1. The Kier molecular flexibility index (Phi) is 5.36. The van der Waals surface area contributed by atoms with E-state index in [-0.39, 0.29) is 23.4 Å². The van der Waals surface area contributed by atoms with Crippen molar-refractivity contribution in [3.63, 3.8) is 0 Å². The van der Waals surface area contributed by atoms with Crippen LogP contribution in [0.15, 0.2) is 77.8 Å². The van der Waals surface area contributed by atoms with Crippen LogP contribution in [0.2, 0.25) is 0 Å². The average molecular weight is 423 g/mol. The summed E-state index contributed by atoms with van der Waals surface area (Å²) >= 11 is 0. The molecule has 1 aromatic heterocycles. The van der Waals surface area contributed by atoms with Gasteiger partial charge < -0.3 is 14.8 Å². The molecular weight excluding hydrogens is 406 g/mol. The van der Waals surface area contributed by atoms with Gasteiger partial charge in [0.1, 0.15) is 5.82 Å². The first-order chi connectivity index (χ1) is 14.5. The maximum atomic E-state index is 12.4. The lowest BCUT2D eigenvalue weighted by molar-refractivity contribution is -0.111. The standard InChI is InChI=1S/C21H17N3O5S/c25-21(11-5-15-4-10-18-19(13-15)29-14-28-18)23-16-6-8-17(9-7-16)30(26,27)24-20-3-1-2-12-22-20/h1-13H,14H2,(H,22,24)(H,23,25)/b11-5+. The van der Waals surface area contributed by atoms with Gasteiger partial charge in [-0.2, -0.15) is 0 Å². The average Bonchev–Trinajstić information content (AvgIpc) is 3.21. The zero-order chi connectivity index (χ0) is 21.0. The van der Waals surface area contributed by atoms with Crippen LogP contribution >= 0.6 is 0 Å². The van der Waals surface area contributed by atoms with E-state index in [1.165, 1.54) is 36.5 Å². The molecular formula is C21H17N3O5S. The van der Waals surface area contributed by atoms with Gasteiger partial charge in [0, 0.05) is 18.0 Å². The Morgan fingerprint density at radius 2 is 1.80 bits per heavy atom. The third kappa shape index (κ3) is 4.58. The van der Waals surface area contributed by atoms with Crippen LogP contribution in [-0.2, 0) is 14.8 Å². The fraction of sp³-hybridized carbons (Fsp3) is 0.0476. The van der Waals surface area contributed by atoms with Crippen LogP contribution in [0, 0.1) is 0 Å². The molecule has 2 heterocycles. The number of pyridine rings is 1. The van der Waals surface area contributed by atoms with Gasteiger partial charge in [0.25, 0.3) is 10.0 Å². The van der Waals surface area contributed by atoms with E-state index >= 15 is 0 Å². The smallest absolute Gasteiger partial charge is 0.263 e. The molecule has 152 valence electrons. The minimum Gasteiger partial charge on any atom is -0.454 e. The number of carbonyl (C=O) groups excluding carboxylic acids is 1. The quantitative estimate of drug-likeness (QED) is 0.590. The monoisotopic (exact) mass is 423 g/mol. The van der Waals surface area contributed by atoms with Gasteiger partial charge in [-0.25, -0.2) is 13.4 Å². The van der Waals surface area contributed by atoms with Crippen LogP contribution in [0.1, 0.15) is 5.56 Å². The number of anilines is 2. The van der Waals surface area contributed by atoms with Gasteiger partial charge in [-0.15, -0.1) is 0 Å². The molecule has 0 radical (unpaired) electrons. The summed E-state index contributed by atoms with van der Waals surface area (Å²) in [6, 6.07) is 16.1. The van der Waals surface area contributed by atoms with Crippen molar-refractivity contribution in [3.05, 3.63) is 78.5 Å². The third-order valence-corrected chi connectivity index (χ3v) is 5.53. The van der Waals surface area contributed by atoms with Gasteiger partial charge in [-0.1, -0.05) is 12.1 Å². The number of nitrogens with one attached hydrogen (secondary N) is 2. The highest BCUT2D eigenvalue weighted by Crippen LogP contribution is 2.32. The molecule has 2 aromatic carbocycles. The maximum absolute atomic E-state index is 12.4. The largest absolute Gasteiger partial charge is 0.454 e. The van der Waals surface area contributed by atoms with E-state index in [0.717, 1.165) is 5.56 Å². The van der Waals surface area contributed by atoms with Crippen molar-refractivity contribution >= 4 is 33.5 Å². The number of benzene rings is 2. The Labute approximate surface area is 173 Å². The van der Waals surface area contributed by atoms with Crippen molar-refractivity contribution < 1.29 is 22.7 Å². The summed E-state index contributed by atoms with van der Waals surface area (Å²) in [5, 5.41) is 2.68. The molecule has 0 saturated carbocycles. The minimum atomic E-state index is -3.77. The Morgan fingerprint density at radius 1 is 1.00 bits per heavy atom. The SMILES string of the molecule is O=C(/C=C/c1ccc2c(c1)OCO2)Nc1ccc(S(=O)(=O)Nc2ccccn2)cc1. The van der Waals surface area contributed by atoms with Crippen LogP contribution in [-0.4, -0.2) is 26.1 Å². The first-order valence-electron chi connectivity index (χ1n) is 8.92. The molecule has 1 amide bonds. The molecule has 0 aliphatic carbocycles. The van der Waals surface area contributed by atoms with Gasteiger partial charge in [-0.3, -0.25) is 9.52 Å². The number of fused-ring (bicyclic) bond motifs is 1. The van der Waals surface area contributed by atoms with Crippen molar-refractivity contribution in [2.24, 2.45) is 0 Å². The van der Waals surface area contributed by atoms with Crippen LogP contribution in [0.3, 0.4) is 0 Å². The normalized spacial score (nSPS) is 12.7. The fourth-order valence-electron chi connectivity index (χ4n) is 2.71. The van der Waals surface area contributed by atoms with E-state index < -0.39 is 10.0 Å². The molecule has 1 aliphatic heterocycles. The van der Waals surface area contributed by atoms with Crippen molar-refractivity contribution in [2.75, 3.05) is 16.8 Å². The number of sulfonamides is 1. The Hall–Kier alpha value is -3.85. The van der Waals surface area contributed by atoms with Gasteiger partial charge >= 0.3 is 0 Å². The van der Waals surface area contributed by atoms with Crippen LogP contribution in [0.5, 0.6) is 11.5 Å². The second kappa shape index (κ2) is 8.26. The second-order valence-electron chi connectivity index (χ2n) is 6.28. The summed E-state index contributed by atoms with van der Waals surface area (Å²) < 4.78 is 37.8.